The van der Waals surface area contributed by atoms with Crippen LogP contribution in [0.15, 0.2) is 11.1 Å². The Balaban J connectivity index is 3.82. The smallest absolute Gasteiger partial charge is 0.259 e. The molecule has 0 bridgehead atoms. The van der Waals surface area contributed by atoms with Crippen molar-refractivity contribution in [3.63, 3.8) is 0 Å². The summed E-state index contributed by atoms with van der Waals surface area (Å²) in [5.74, 6) is -0.579. The van der Waals surface area contributed by atoms with E-state index in [-0.39, 0.29) is 5.03 Å². The van der Waals surface area contributed by atoms with Crippen molar-refractivity contribution in [2.24, 2.45) is 5.73 Å². The lowest BCUT2D eigenvalue weighted by Gasteiger charge is -1.82. The molecule has 0 aromatic rings. The minimum atomic E-state index is -0.579. The van der Waals surface area contributed by atoms with Crippen LogP contribution in [0.1, 0.15) is 6.92 Å². The molecule has 0 spiro atoms. The largest absolute Gasteiger partial charge is 0.365 e. The van der Waals surface area contributed by atoms with Crippen molar-refractivity contribution in [3.05, 3.63) is 11.1 Å². The van der Waals surface area contributed by atoms with Crippen molar-refractivity contribution in [1.29, 1.82) is 0 Å². The number of hydrogen-bond donors (Lipinski definition) is 1. The highest BCUT2D eigenvalue weighted by molar-refractivity contribution is 6.41. The van der Waals surface area contributed by atoms with Gasteiger partial charge in [-0.1, -0.05) is 17.7 Å². The van der Waals surface area contributed by atoms with Gasteiger partial charge in [0.15, 0.2) is 0 Å². The maximum Gasteiger partial charge on any atom is 0.259 e. The van der Waals surface area contributed by atoms with E-state index in [0.717, 1.165) is 0 Å². The van der Waals surface area contributed by atoms with E-state index in [0.29, 0.717) is 0 Å². The molecule has 7 heavy (non-hydrogen) atoms. The number of halogens is 1. The molecule has 2 N–H and O–H groups in total. The van der Waals surface area contributed by atoms with E-state index in [9.17, 15) is 4.79 Å². The van der Waals surface area contributed by atoms with Crippen molar-refractivity contribution >= 4 is 17.5 Å². The molecule has 0 aliphatic rings. The standard InChI is InChI=1S/C4H6ClNO/c1-2-3(5)4(6)7/h2H,1H3,(H2,6,7)/b3-2-. The Bertz CT molecular complexity index is 108. The molecule has 0 saturated carbocycles. The molecule has 0 aromatic carbocycles. The van der Waals surface area contributed by atoms with Crippen LogP contribution < -0.4 is 5.73 Å². The molecule has 40 valence electrons. The minimum Gasteiger partial charge on any atom is -0.365 e. The van der Waals surface area contributed by atoms with Crippen LogP contribution in [0.4, 0.5) is 0 Å². The molecule has 0 atom stereocenters. The van der Waals surface area contributed by atoms with Crippen LogP contribution in [0.2, 0.25) is 0 Å². The Labute approximate surface area is 46.9 Å². The second-order valence-electron chi connectivity index (χ2n) is 1.00. The number of nitrogens with two attached hydrogens (primary N) is 1. The van der Waals surface area contributed by atoms with Gasteiger partial charge in [0.25, 0.3) is 5.91 Å². The first-order chi connectivity index (χ1) is 3.18. The summed E-state index contributed by atoms with van der Waals surface area (Å²) in [5.41, 5.74) is 4.71. The summed E-state index contributed by atoms with van der Waals surface area (Å²) >= 11 is 5.19. The van der Waals surface area contributed by atoms with E-state index in [4.69, 9.17) is 17.3 Å². The Morgan fingerprint density at radius 1 is 1.86 bits per heavy atom. The first-order valence-corrected chi connectivity index (χ1v) is 2.18. The van der Waals surface area contributed by atoms with E-state index in [1.54, 1.807) is 6.92 Å². The van der Waals surface area contributed by atoms with Crippen molar-refractivity contribution < 1.29 is 4.79 Å². The minimum absolute atomic E-state index is 0.0833. The van der Waals surface area contributed by atoms with E-state index in [1.807, 2.05) is 0 Å². The van der Waals surface area contributed by atoms with E-state index < -0.39 is 5.91 Å². The third-order valence-corrected chi connectivity index (χ3v) is 0.893. The highest BCUT2D eigenvalue weighted by Crippen LogP contribution is 1.95. The molecule has 0 aliphatic carbocycles. The van der Waals surface area contributed by atoms with E-state index >= 15 is 0 Å². The molecule has 0 radical (unpaired) electrons. The number of allylic oxidation sites excluding steroid dienone is 1. The van der Waals surface area contributed by atoms with Gasteiger partial charge in [-0.05, 0) is 6.92 Å². The second kappa shape index (κ2) is 2.64. The van der Waals surface area contributed by atoms with Crippen LogP contribution in [-0.2, 0) is 4.79 Å². The molecule has 0 unspecified atom stereocenters. The van der Waals surface area contributed by atoms with Gasteiger partial charge in [0, 0.05) is 0 Å². The number of hydrogen-bond acceptors (Lipinski definition) is 1. The summed E-state index contributed by atoms with van der Waals surface area (Å²) in [6.07, 6.45) is 1.45. The summed E-state index contributed by atoms with van der Waals surface area (Å²) in [5, 5.41) is 0.0833. The summed E-state index contributed by atoms with van der Waals surface area (Å²) in [7, 11) is 0. The topological polar surface area (TPSA) is 43.1 Å². The Kier molecular flexibility index (Phi) is 2.45. The van der Waals surface area contributed by atoms with Gasteiger partial charge in [0.1, 0.15) is 5.03 Å². The molecule has 3 heteroatoms. The average Bonchev–Trinajstić information content (AvgIpc) is 1.65. The predicted octanol–water partition coefficient (Wildman–Crippen LogP) is 0.614. The monoisotopic (exact) mass is 119 g/mol. The first-order valence-electron chi connectivity index (χ1n) is 1.80. The molecule has 2 nitrogen and oxygen atoms in total. The first kappa shape index (κ1) is 6.50. The summed E-state index contributed by atoms with van der Waals surface area (Å²) in [6.45, 7) is 1.65. The van der Waals surface area contributed by atoms with Crippen molar-refractivity contribution in [3.8, 4) is 0 Å². The maximum atomic E-state index is 9.95. The lowest BCUT2D eigenvalue weighted by molar-refractivity contribution is -0.114. The van der Waals surface area contributed by atoms with Gasteiger partial charge in [0.05, 0.1) is 0 Å². The van der Waals surface area contributed by atoms with E-state index in [1.165, 1.54) is 6.08 Å². The fourth-order valence-electron chi connectivity index (χ4n) is 0.142. The van der Waals surface area contributed by atoms with Crippen LogP contribution in [0.5, 0.6) is 0 Å². The highest BCUT2D eigenvalue weighted by Gasteiger charge is 1.93. The zero-order valence-electron chi connectivity index (χ0n) is 3.94. The lowest BCUT2D eigenvalue weighted by Crippen LogP contribution is -2.09. The van der Waals surface area contributed by atoms with Crippen LogP contribution in [0.25, 0.3) is 0 Å². The zero-order chi connectivity index (χ0) is 5.86. The zero-order valence-corrected chi connectivity index (χ0v) is 4.70. The average molecular weight is 120 g/mol. The molecule has 0 aliphatic heterocycles. The van der Waals surface area contributed by atoms with E-state index in [2.05, 4.69) is 0 Å². The fourth-order valence-corrected chi connectivity index (χ4v) is 0.142. The lowest BCUT2D eigenvalue weighted by atomic mass is 10.5. The van der Waals surface area contributed by atoms with Crippen LogP contribution in [-0.4, -0.2) is 5.91 Å². The Morgan fingerprint density at radius 2 is 2.29 bits per heavy atom. The number of amides is 1. The number of carbonyl (C=O) groups is 1. The van der Waals surface area contributed by atoms with Gasteiger partial charge in [-0.15, -0.1) is 0 Å². The molecule has 0 aromatic heterocycles. The quantitative estimate of drug-likeness (QED) is 0.505. The summed E-state index contributed by atoms with van der Waals surface area (Å²) in [4.78, 5) is 9.95. The Hall–Kier alpha value is -0.500. The van der Waals surface area contributed by atoms with Crippen molar-refractivity contribution in [1.82, 2.24) is 0 Å². The highest BCUT2D eigenvalue weighted by atomic mass is 35.5. The molecule has 0 fully saturated rings. The molecule has 0 heterocycles. The number of primary amides is 1. The van der Waals surface area contributed by atoms with Gasteiger partial charge in [-0.2, -0.15) is 0 Å². The van der Waals surface area contributed by atoms with Crippen LogP contribution in [0.3, 0.4) is 0 Å². The van der Waals surface area contributed by atoms with Gasteiger partial charge >= 0.3 is 0 Å². The van der Waals surface area contributed by atoms with Gasteiger partial charge in [-0.3, -0.25) is 4.79 Å². The normalized spacial score (nSPS) is 11.4. The fraction of sp³-hybridized carbons (Fsp3) is 0.250. The number of rotatable bonds is 1. The summed E-state index contributed by atoms with van der Waals surface area (Å²) in [6, 6.07) is 0. The molecule has 0 saturated heterocycles. The Morgan fingerprint density at radius 3 is 2.29 bits per heavy atom. The van der Waals surface area contributed by atoms with Crippen molar-refractivity contribution in [2.75, 3.05) is 0 Å². The summed E-state index contributed by atoms with van der Waals surface area (Å²) < 4.78 is 0. The van der Waals surface area contributed by atoms with Crippen LogP contribution >= 0.6 is 11.6 Å². The molecule has 1 amide bonds. The molecular weight excluding hydrogens is 114 g/mol. The third-order valence-electron chi connectivity index (χ3n) is 0.489. The predicted molar refractivity (Wildman–Crippen MR) is 28.8 cm³/mol. The molecule has 0 rings (SSSR count). The third kappa shape index (κ3) is 2.23. The van der Waals surface area contributed by atoms with Crippen LogP contribution in [0, 0.1) is 0 Å². The van der Waals surface area contributed by atoms with Gasteiger partial charge in [0.2, 0.25) is 0 Å². The van der Waals surface area contributed by atoms with Crippen molar-refractivity contribution in [2.45, 2.75) is 6.92 Å². The second-order valence-corrected chi connectivity index (χ2v) is 1.41. The maximum absolute atomic E-state index is 9.95. The van der Waals surface area contributed by atoms with Gasteiger partial charge < -0.3 is 5.73 Å². The molecular formula is C4H6ClNO. The van der Waals surface area contributed by atoms with Gasteiger partial charge in [-0.25, -0.2) is 0 Å². The number of carbonyl (C=O) groups excluding carboxylic acids is 1. The SMILES string of the molecule is C/C=C(\Cl)C(N)=O.